The number of nitrogens with two attached hydrogens (primary N) is 1. The van der Waals surface area contributed by atoms with Gasteiger partial charge in [0.15, 0.2) is 11.7 Å². The standard InChI is InChI=1S/C16H20BrN3O2.2ClH/c1-11-16(12-3-5-13(17)6-4-12)22-15(20-11)8-7-14(21)19-10-2-9-18;;/h3-6H,2,7-10,18H2,1H3,(H,19,21);2*1H. The number of nitrogens with one attached hydrogen (secondary N) is 1. The van der Waals surface area contributed by atoms with Gasteiger partial charge in [0.05, 0.1) is 5.69 Å². The molecule has 24 heavy (non-hydrogen) atoms. The van der Waals surface area contributed by atoms with Crippen LogP contribution in [0.4, 0.5) is 0 Å². The molecular weight excluding hydrogens is 417 g/mol. The molecule has 0 spiro atoms. The van der Waals surface area contributed by atoms with Crippen LogP contribution in [0.2, 0.25) is 0 Å². The van der Waals surface area contributed by atoms with E-state index < -0.39 is 0 Å². The fourth-order valence-corrected chi connectivity index (χ4v) is 2.33. The van der Waals surface area contributed by atoms with Gasteiger partial charge in [0.2, 0.25) is 5.91 Å². The SMILES string of the molecule is Cc1nc(CCC(=O)NCCCN)oc1-c1ccc(Br)cc1.Cl.Cl. The Kier molecular flexibility index (Phi) is 11.0. The van der Waals surface area contributed by atoms with Crippen molar-refractivity contribution in [1.29, 1.82) is 0 Å². The molecule has 134 valence electrons. The number of rotatable bonds is 7. The van der Waals surface area contributed by atoms with Crippen LogP contribution in [0.1, 0.15) is 24.4 Å². The summed E-state index contributed by atoms with van der Waals surface area (Å²) in [5.41, 5.74) is 7.20. The minimum absolute atomic E-state index is 0. The van der Waals surface area contributed by atoms with Crippen LogP contribution >= 0.6 is 40.7 Å². The van der Waals surface area contributed by atoms with Crippen LogP contribution in [0.25, 0.3) is 11.3 Å². The first kappa shape index (κ1) is 22.9. The van der Waals surface area contributed by atoms with Crippen molar-refractivity contribution >= 4 is 46.7 Å². The largest absolute Gasteiger partial charge is 0.440 e. The monoisotopic (exact) mass is 437 g/mol. The lowest BCUT2D eigenvalue weighted by Crippen LogP contribution is -2.26. The van der Waals surface area contributed by atoms with E-state index in [4.69, 9.17) is 10.2 Å². The van der Waals surface area contributed by atoms with Crippen LogP contribution < -0.4 is 11.1 Å². The van der Waals surface area contributed by atoms with Gasteiger partial charge in [0, 0.05) is 29.4 Å². The molecule has 0 aliphatic rings. The van der Waals surface area contributed by atoms with Crippen LogP contribution in [0.5, 0.6) is 0 Å². The van der Waals surface area contributed by atoms with Crippen LogP contribution in [-0.2, 0) is 11.2 Å². The van der Waals surface area contributed by atoms with Crippen LogP contribution in [-0.4, -0.2) is 24.0 Å². The number of nitrogens with zero attached hydrogens (tertiary/aromatic N) is 1. The summed E-state index contributed by atoms with van der Waals surface area (Å²) in [6.45, 7) is 3.10. The van der Waals surface area contributed by atoms with Crippen molar-refractivity contribution in [3.63, 3.8) is 0 Å². The quantitative estimate of drug-likeness (QED) is 0.646. The molecule has 3 N–H and O–H groups in total. The minimum atomic E-state index is -0.00510. The van der Waals surface area contributed by atoms with Gasteiger partial charge in [-0.05, 0) is 32.0 Å². The van der Waals surface area contributed by atoms with E-state index in [1.54, 1.807) is 0 Å². The Morgan fingerprint density at radius 1 is 1.29 bits per heavy atom. The van der Waals surface area contributed by atoms with Gasteiger partial charge in [-0.15, -0.1) is 24.8 Å². The summed E-state index contributed by atoms with van der Waals surface area (Å²) < 4.78 is 6.81. The first-order valence-electron chi connectivity index (χ1n) is 7.29. The van der Waals surface area contributed by atoms with Crippen molar-refractivity contribution < 1.29 is 9.21 Å². The summed E-state index contributed by atoms with van der Waals surface area (Å²) in [5, 5.41) is 2.82. The van der Waals surface area contributed by atoms with Crippen LogP contribution in [0.3, 0.4) is 0 Å². The van der Waals surface area contributed by atoms with E-state index in [9.17, 15) is 4.79 Å². The Labute approximate surface area is 162 Å². The van der Waals surface area contributed by atoms with Crippen molar-refractivity contribution in [1.82, 2.24) is 10.3 Å². The van der Waals surface area contributed by atoms with Crippen molar-refractivity contribution in [3.05, 3.63) is 40.3 Å². The van der Waals surface area contributed by atoms with E-state index in [0.717, 1.165) is 27.9 Å². The van der Waals surface area contributed by atoms with Crippen molar-refractivity contribution in [2.75, 3.05) is 13.1 Å². The average Bonchev–Trinajstić information content (AvgIpc) is 2.87. The van der Waals surface area contributed by atoms with Gasteiger partial charge in [-0.3, -0.25) is 4.79 Å². The summed E-state index contributed by atoms with van der Waals surface area (Å²) in [6, 6.07) is 7.87. The molecule has 2 rings (SSSR count). The number of aromatic nitrogens is 1. The Morgan fingerprint density at radius 3 is 2.58 bits per heavy atom. The zero-order valence-corrected chi connectivity index (χ0v) is 16.6. The molecule has 1 aromatic carbocycles. The second kappa shape index (κ2) is 11.5. The Hall–Kier alpha value is -1.08. The highest BCUT2D eigenvalue weighted by Crippen LogP contribution is 2.26. The Bertz CT molecular complexity index is 633. The predicted molar refractivity (Wildman–Crippen MR) is 104 cm³/mol. The highest BCUT2D eigenvalue weighted by Gasteiger charge is 2.12. The van der Waals surface area contributed by atoms with Crippen molar-refractivity contribution in [3.8, 4) is 11.3 Å². The highest BCUT2D eigenvalue weighted by molar-refractivity contribution is 9.10. The maximum absolute atomic E-state index is 11.7. The number of amides is 1. The number of halogens is 3. The number of aryl methyl sites for hydroxylation is 2. The summed E-state index contributed by atoms with van der Waals surface area (Å²) >= 11 is 3.41. The number of benzene rings is 1. The second-order valence-electron chi connectivity index (χ2n) is 5.02. The molecule has 2 aromatic rings. The number of carbonyl (C=O) groups excluding carboxylic acids is 1. The molecule has 5 nitrogen and oxygen atoms in total. The van der Waals surface area contributed by atoms with Crippen LogP contribution in [0, 0.1) is 6.92 Å². The van der Waals surface area contributed by atoms with E-state index >= 15 is 0 Å². The van der Waals surface area contributed by atoms with E-state index in [1.807, 2.05) is 31.2 Å². The molecule has 0 bridgehead atoms. The molecule has 0 unspecified atom stereocenters. The summed E-state index contributed by atoms with van der Waals surface area (Å²) in [7, 11) is 0. The fraction of sp³-hybridized carbons (Fsp3) is 0.375. The molecule has 0 saturated heterocycles. The van der Waals surface area contributed by atoms with E-state index in [0.29, 0.717) is 31.8 Å². The molecule has 0 saturated carbocycles. The first-order valence-corrected chi connectivity index (χ1v) is 8.08. The fourth-order valence-electron chi connectivity index (χ4n) is 2.07. The minimum Gasteiger partial charge on any atom is -0.440 e. The summed E-state index contributed by atoms with van der Waals surface area (Å²) in [6.07, 6.45) is 1.65. The van der Waals surface area contributed by atoms with Crippen molar-refractivity contribution in [2.24, 2.45) is 5.73 Å². The van der Waals surface area contributed by atoms with E-state index in [-0.39, 0.29) is 30.7 Å². The third-order valence-electron chi connectivity index (χ3n) is 3.22. The molecule has 0 aliphatic carbocycles. The third-order valence-corrected chi connectivity index (χ3v) is 3.74. The van der Waals surface area contributed by atoms with Crippen LogP contribution in [0.15, 0.2) is 33.2 Å². The lowest BCUT2D eigenvalue weighted by molar-refractivity contribution is -0.121. The van der Waals surface area contributed by atoms with E-state index in [1.165, 1.54) is 0 Å². The Morgan fingerprint density at radius 2 is 1.96 bits per heavy atom. The zero-order chi connectivity index (χ0) is 15.9. The molecule has 1 amide bonds. The summed E-state index contributed by atoms with van der Waals surface area (Å²) in [5.74, 6) is 1.34. The molecule has 0 aliphatic heterocycles. The number of hydrogen-bond donors (Lipinski definition) is 2. The molecule has 0 radical (unpaired) electrons. The van der Waals surface area contributed by atoms with Crippen molar-refractivity contribution in [2.45, 2.75) is 26.2 Å². The van der Waals surface area contributed by atoms with Gasteiger partial charge in [-0.25, -0.2) is 4.98 Å². The lowest BCUT2D eigenvalue weighted by Gasteiger charge is -2.02. The van der Waals surface area contributed by atoms with Gasteiger partial charge < -0.3 is 15.5 Å². The van der Waals surface area contributed by atoms with Gasteiger partial charge in [0.1, 0.15) is 0 Å². The van der Waals surface area contributed by atoms with Gasteiger partial charge in [-0.2, -0.15) is 0 Å². The van der Waals surface area contributed by atoms with E-state index in [2.05, 4.69) is 26.2 Å². The highest BCUT2D eigenvalue weighted by atomic mass is 79.9. The maximum Gasteiger partial charge on any atom is 0.220 e. The molecule has 0 atom stereocenters. The normalized spacial score (nSPS) is 9.79. The molecule has 1 heterocycles. The summed E-state index contributed by atoms with van der Waals surface area (Å²) in [4.78, 5) is 16.1. The third kappa shape index (κ3) is 6.81. The maximum atomic E-state index is 11.7. The molecule has 8 heteroatoms. The number of oxazole rings is 1. The number of carbonyl (C=O) groups is 1. The smallest absolute Gasteiger partial charge is 0.220 e. The van der Waals surface area contributed by atoms with Gasteiger partial charge >= 0.3 is 0 Å². The Balaban J connectivity index is 0.00000264. The first-order chi connectivity index (χ1) is 10.6. The number of hydrogen-bond acceptors (Lipinski definition) is 4. The van der Waals surface area contributed by atoms with Gasteiger partial charge in [-0.1, -0.05) is 28.1 Å². The second-order valence-corrected chi connectivity index (χ2v) is 5.94. The lowest BCUT2D eigenvalue weighted by atomic mass is 10.1. The predicted octanol–water partition coefficient (Wildman–Crippen LogP) is 3.65. The zero-order valence-electron chi connectivity index (χ0n) is 13.4. The molecule has 1 aromatic heterocycles. The van der Waals surface area contributed by atoms with Gasteiger partial charge in [0.25, 0.3) is 0 Å². The average molecular weight is 439 g/mol. The molecule has 0 fully saturated rings. The molecular formula is C16H22BrCl2N3O2. The topological polar surface area (TPSA) is 81.2 Å².